The molecule has 0 bridgehead atoms. The number of non-ortho nitro benzene ring substituents is 1. The van der Waals surface area contributed by atoms with Gasteiger partial charge in [0, 0.05) is 12.5 Å². The minimum absolute atomic E-state index is 0.00694. The molecule has 1 fully saturated rings. The second kappa shape index (κ2) is 7.77. The average Bonchev–Trinajstić information content (AvgIpc) is 2.87. The lowest BCUT2D eigenvalue weighted by Gasteiger charge is -2.05. The summed E-state index contributed by atoms with van der Waals surface area (Å²) in [6, 6.07) is 3.99. The Balaban J connectivity index is 2.10. The molecule has 0 spiro atoms. The molecular weight excluding hydrogens is 338 g/mol. The fourth-order valence-corrected chi connectivity index (χ4v) is 3.10. The van der Waals surface area contributed by atoms with Gasteiger partial charge < -0.3 is 15.2 Å². The van der Waals surface area contributed by atoms with Gasteiger partial charge in [0.2, 0.25) is 5.91 Å². The maximum absolute atomic E-state index is 11.9. The number of amides is 1. The van der Waals surface area contributed by atoms with E-state index in [0.717, 1.165) is 0 Å². The van der Waals surface area contributed by atoms with Crippen molar-refractivity contribution in [2.75, 3.05) is 7.11 Å². The maximum Gasteiger partial charge on any atom is 0.303 e. The summed E-state index contributed by atoms with van der Waals surface area (Å²) in [7, 11) is 1.37. The molecule has 1 saturated heterocycles. The summed E-state index contributed by atoms with van der Waals surface area (Å²) in [4.78, 5) is 36.9. The normalized spacial score (nSPS) is 18.5. The molecule has 0 aliphatic carbocycles. The van der Waals surface area contributed by atoms with Gasteiger partial charge in [0.15, 0.2) is 10.9 Å². The van der Waals surface area contributed by atoms with Crippen molar-refractivity contribution in [3.05, 3.63) is 28.3 Å². The van der Waals surface area contributed by atoms with Gasteiger partial charge in [-0.15, -0.1) is 0 Å². The number of benzene rings is 1. The molecule has 1 atom stereocenters. The molecule has 2 N–H and O–H groups in total. The Labute approximate surface area is 141 Å². The van der Waals surface area contributed by atoms with Crippen molar-refractivity contribution >= 4 is 40.2 Å². The number of nitro benzene ring substituents is 1. The number of hydrogen-bond donors (Lipinski definition) is 2. The molecule has 10 heteroatoms. The number of nitro groups is 1. The van der Waals surface area contributed by atoms with Gasteiger partial charge >= 0.3 is 5.97 Å². The smallest absolute Gasteiger partial charge is 0.303 e. The summed E-state index contributed by atoms with van der Waals surface area (Å²) in [6.45, 7) is 0. The second-order valence-electron chi connectivity index (χ2n) is 4.91. The largest absolute Gasteiger partial charge is 0.494 e. The van der Waals surface area contributed by atoms with Crippen LogP contribution in [0.4, 0.5) is 11.4 Å². The van der Waals surface area contributed by atoms with Gasteiger partial charge in [-0.1, -0.05) is 11.8 Å². The first-order chi connectivity index (χ1) is 11.4. The number of carboxylic acids is 1. The number of carbonyl (C=O) groups excluding carboxylic acids is 1. The third-order valence-corrected chi connectivity index (χ3v) is 4.38. The number of aliphatic imine (C=N–C) groups is 1. The molecule has 24 heavy (non-hydrogen) atoms. The van der Waals surface area contributed by atoms with Crippen molar-refractivity contribution in [3.63, 3.8) is 0 Å². The van der Waals surface area contributed by atoms with Crippen molar-refractivity contribution in [2.24, 2.45) is 4.99 Å². The Hall–Kier alpha value is -2.62. The van der Waals surface area contributed by atoms with E-state index in [0.29, 0.717) is 23.7 Å². The van der Waals surface area contributed by atoms with Crippen LogP contribution in [0.3, 0.4) is 0 Å². The summed E-state index contributed by atoms with van der Waals surface area (Å²) in [5, 5.41) is 22.0. The number of hydrogen-bond acceptors (Lipinski definition) is 7. The maximum atomic E-state index is 11.9. The van der Waals surface area contributed by atoms with Crippen molar-refractivity contribution in [2.45, 2.75) is 24.5 Å². The average molecular weight is 353 g/mol. The molecule has 1 unspecified atom stereocenters. The molecule has 2 rings (SSSR count). The molecule has 0 radical (unpaired) electrons. The number of methoxy groups -OCH3 is 1. The third kappa shape index (κ3) is 4.44. The molecule has 1 amide bonds. The zero-order valence-electron chi connectivity index (χ0n) is 12.7. The van der Waals surface area contributed by atoms with Crippen LogP contribution in [-0.4, -0.2) is 39.4 Å². The Kier molecular flexibility index (Phi) is 5.74. The van der Waals surface area contributed by atoms with Gasteiger partial charge in [0.1, 0.15) is 5.69 Å². The predicted molar refractivity (Wildman–Crippen MR) is 87.8 cm³/mol. The van der Waals surface area contributed by atoms with Crippen LogP contribution in [0.15, 0.2) is 23.2 Å². The molecule has 1 heterocycles. The van der Waals surface area contributed by atoms with Crippen molar-refractivity contribution in [1.29, 1.82) is 0 Å². The summed E-state index contributed by atoms with van der Waals surface area (Å²) < 4.78 is 5.09. The van der Waals surface area contributed by atoms with E-state index in [9.17, 15) is 19.7 Å². The minimum Gasteiger partial charge on any atom is -0.494 e. The molecule has 128 valence electrons. The van der Waals surface area contributed by atoms with Crippen LogP contribution in [0.25, 0.3) is 0 Å². The lowest BCUT2D eigenvalue weighted by atomic mass is 10.2. The first-order valence-electron chi connectivity index (χ1n) is 7.01. The monoisotopic (exact) mass is 353 g/mol. The van der Waals surface area contributed by atoms with Crippen LogP contribution in [0.5, 0.6) is 5.75 Å². The summed E-state index contributed by atoms with van der Waals surface area (Å²) >= 11 is 1.20. The van der Waals surface area contributed by atoms with Crippen LogP contribution in [0, 0.1) is 10.1 Å². The zero-order valence-corrected chi connectivity index (χ0v) is 13.5. The first kappa shape index (κ1) is 17.7. The van der Waals surface area contributed by atoms with Crippen molar-refractivity contribution in [1.82, 2.24) is 5.32 Å². The predicted octanol–water partition coefficient (Wildman–Crippen LogP) is 2.08. The van der Waals surface area contributed by atoms with Gasteiger partial charge in [0.05, 0.1) is 23.3 Å². The summed E-state index contributed by atoms with van der Waals surface area (Å²) in [5.74, 6) is -0.909. The Morgan fingerprint density at radius 2 is 2.29 bits per heavy atom. The third-order valence-electron chi connectivity index (χ3n) is 3.23. The van der Waals surface area contributed by atoms with E-state index >= 15 is 0 Å². The summed E-state index contributed by atoms with van der Waals surface area (Å²) in [6.07, 6.45) is 0.834. The number of nitrogens with zero attached hydrogens (tertiary/aromatic N) is 2. The number of ether oxygens (including phenoxy) is 1. The van der Waals surface area contributed by atoms with Crippen LogP contribution in [-0.2, 0) is 9.59 Å². The highest BCUT2D eigenvalue weighted by Gasteiger charge is 2.30. The van der Waals surface area contributed by atoms with E-state index < -0.39 is 16.1 Å². The Bertz CT molecular complexity index is 706. The lowest BCUT2D eigenvalue weighted by molar-refractivity contribution is -0.384. The Morgan fingerprint density at radius 1 is 1.54 bits per heavy atom. The number of aliphatic carboxylic acids is 1. The highest BCUT2D eigenvalue weighted by molar-refractivity contribution is 8.15. The second-order valence-corrected chi connectivity index (χ2v) is 6.10. The number of amidine groups is 1. The van der Waals surface area contributed by atoms with E-state index in [-0.39, 0.29) is 23.8 Å². The molecule has 1 aromatic carbocycles. The highest BCUT2D eigenvalue weighted by Crippen LogP contribution is 2.34. The molecule has 1 aliphatic heterocycles. The van der Waals surface area contributed by atoms with E-state index in [1.54, 1.807) is 0 Å². The number of carbonyl (C=O) groups is 2. The Morgan fingerprint density at radius 3 is 2.92 bits per heavy atom. The number of rotatable bonds is 7. The van der Waals surface area contributed by atoms with Gasteiger partial charge in [-0.25, -0.2) is 4.99 Å². The zero-order chi connectivity index (χ0) is 17.7. The SMILES string of the molecule is COc1cc([N+](=O)[O-])ccc1N=C1NC(=O)C(CCCC(=O)O)S1. The molecule has 1 aliphatic rings. The fraction of sp³-hybridized carbons (Fsp3) is 0.357. The van der Waals surface area contributed by atoms with Gasteiger partial charge in [0.25, 0.3) is 5.69 Å². The molecule has 0 saturated carbocycles. The minimum atomic E-state index is -0.900. The van der Waals surface area contributed by atoms with Gasteiger partial charge in [-0.05, 0) is 18.9 Å². The van der Waals surface area contributed by atoms with Gasteiger partial charge in [-0.2, -0.15) is 0 Å². The standard InChI is InChI=1S/C14H15N3O6S/c1-23-10-7-8(17(21)22)5-6-9(10)15-14-16-13(20)11(24-14)3-2-4-12(18)19/h5-7,11H,2-4H2,1H3,(H,18,19)(H,15,16,20). The van der Waals surface area contributed by atoms with E-state index in [1.807, 2.05) is 0 Å². The first-order valence-corrected chi connectivity index (χ1v) is 7.89. The number of thioether (sulfide) groups is 1. The van der Waals surface area contributed by atoms with Gasteiger partial charge in [-0.3, -0.25) is 19.7 Å². The quantitative estimate of drug-likeness (QED) is 0.566. The van der Waals surface area contributed by atoms with E-state index in [4.69, 9.17) is 9.84 Å². The number of carboxylic acid groups (broad SMARTS) is 1. The fourth-order valence-electron chi connectivity index (χ4n) is 2.07. The van der Waals surface area contributed by atoms with E-state index in [1.165, 1.54) is 37.1 Å². The van der Waals surface area contributed by atoms with Crippen molar-refractivity contribution in [3.8, 4) is 5.75 Å². The molecule has 1 aromatic rings. The summed E-state index contributed by atoms with van der Waals surface area (Å²) in [5.41, 5.74) is 0.238. The van der Waals surface area contributed by atoms with Crippen LogP contribution in [0.2, 0.25) is 0 Å². The van der Waals surface area contributed by atoms with Crippen molar-refractivity contribution < 1.29 is 24.4 Å². The topological polar surface area (TPSA) is 131 Å². The molecule has 9 nitrogen and oxygen atoms in total. The molecule has 0 aromatic heterocycles. The van der Waals surface area contributed by atoms with Crippen LogP contribution >= 0.6 is 11.8 Å². The lowest BCUT2D eigenvalue weighted by Crippen LogP contribution is -2.24. The van der Waals surface area contributed by atoms with E-state index in [2.05, 4.69) is 10.3 Å². The van der Waals surface area contributed by atoms with Crippen LogP contribution in [0.1, 0.15) is 19.3 Å². The highest BCUT2D eigenvalue weighted by atomic mass is 32.2. The molecular formula is C14H15N3O6S. The van der Waals surface area contributed by atoms with Crippen LogP contribution < -0.4 is 10.1 Å². The number of nitrogens with one attached hydrogen (secondary N) is 1.